The molecule has 1 saturated heterocycles. The number of alkyl halides is 1. The topological polar surface area (TPSA) is 127 Å². The van der Waals surface area contributed by atoms with Crippen LogP contribution in [0, 0.1) is 23.1 Å². The van der Waals surface area contributed by atoms with E-state index >= 15 is 0 Å². The van der Waals surface area contributed by atoms with Crippen molar-refractivity contribution in [3.05, 3.63) is 60.3 Å². The quantitative estimate of drug-likeness (QED) is 0.385. The van der Waals surface area contributed by atoms with E-state index in [4.69, 9.17) is 5.10 Å². The van der Waals surface area contributed by atoms with Crippen LogP contribution in [0.2, 0.25) is 0 Å². The highest BCUT2D eigenvalue weighted by atomic mass is 32.3. The minimum Gasteiger partial charge on any atom is -0.368 e. The summed E-state index contributed by atoms with van der Waals surface area (Å²) >= 11 is 0. The molecular formula is C28H32F2N6O3S. The first-order valence-electron chi connectivity index (χ1n) is 13.3. The molecule has 0 unspecified atom stereocenters. The monoisotopic (exact) mass is 570 g/mol. The second kappa shape index (κ2) is 11.5. The van der Waals surface area contributed by atoms with Gasteiger partial charge >= 0.3 is 0 Å². The van der Waals surface area contributed by atoms with Gasteiger partial charge in [-0.05, 0) is 56.0 Å². The van der Waals surface area contributed by atoms with E-state index in [1.165, 1.54) is 23.0 Å². The number of amides is 1. The van der Waals surface area contributed by atoms with Gasteiger partial charge in [-0.25, -0.2) is 18.4 Å². The summed E-state index contributed by atoms with van der Waals surface area (Å²) in [7, 11) is -2.51. The summed E-state index contributed by atoms with van der Waals surface area (Å²) in [6.45, 7) is 2.64. The van der Waals surface area contributed by atoms with Crippen LogP contribution < -0.4 is 10.2 Å². The van der Waals surface area contributed by atoms with Gasteiger partial charge in [-0.1, -0.05) is 12.1 Å². The van der Waals surface area contributed by atoms with Gasteiger partial charge in [-0.3, -0.25) is 13.9 Å². The Bertz CT molecular complexity index is 1400. The van der Waals surface area contributed by atoms with Gasteiger partial charge in [0.25, 0.3) is 0 Å². The number of pyridine rings is 1. The molecule has 4 atom stereocenters. The van der Waals surface area contributed by atoms with Gasteiger partial charge in [0.2, 0.25) is 5.91 Å². The molecule has 0 spiro atoms. The number of nitrogens with one attached hydrogen (secondary N) is 1. The Labute approximate surface area is 233 Å². The Hall–Kier alpha value is -3.53. The third-order valence-electron chi connectivity index (χ3n) is 7.65. The van der Waals surface area contributed by atoms with Crippen molar-refractivity contribution in [2.24, 2.45) is 5.92 Å². The van der Waals surface area contributed by atoms with Crippen molar-refractivity contribution in [3.8, 4) is 23.0 Å². The lowest BCUT2D eigenvalue weighted by Gasteiger charge is -2.41. The molecule has 2 fully saturated rings. The van der Waals surface area contributed by atoms with E-state index in [0.717, 1.165) is 11.3 Å². The molecule has 2 aliphatic rings. The van der Waals surface area contributed by atoms with Crippen molar-refractivity contribution in [2.45, 2.75) is 44.3 Å². The van der Waals surface area contributed by atoms with Crippen molar-refractivity contribution in [1.29, 1.82) is 5.26 Å². The lowest BCUT2D eigenvalue weighted by atomic mass is 9.74. The predicted octanol–water partition coefficient (Wildman–Crippen LogP) is 4.89. The summed E-state index contributed by atoms with van der Waals surface area (Å²) in [5.74, 6) is -1.50. The molecule has 3 heterocycles. The standard InChI is InChI=1S/C28H32F2N6O3S/c1-18(16-31)33-28(37)23-15-20(29)6-9-22(23)26-24(17-36(34-26)27-25(30)3-2-10-32-27)19-4-7-21(8-5-19)35-11-13-40(38,39)14-12-35/h2-5,7-8,10,17-18,20,22-23,38-39H,6,9,11-15H2,1H3,(H,33,37)/t18-,20-,22+,23+/m0/s1. The van der Waals surface area contributed by atoms with Crippen molar-refractivity contribution < 1.29 is 22.7 Å². The van der Waals surface area contributed by atoms with Crippen LogP contribution in [0.3, 0.4) is 0 Å². The number of hydrogen-bond donors (Lipinski definition) is 3. The number of hydrogen-bond acceptors (Lipinski definition) is 7. The van der Waals surface area contributed by atoms with Crippen LogP contribution in [0.25, 0.3) is 16.9 Å². The molecule has 1 saturated carbocycles. The van der Waals surface area contributed by atoms with E-state index in [2.05, 4.69) is 15.2 Å². The Morgan fingerprint density at radius 2 is 1.93 bits per heavy atom. The average molecular weight is 571 g/mol. The van der Waals surface area contributed by atoms with E-state index < -0.39 is 46.4 Å². The Kier molecular flexibility index (Phi) is 8.07. The maximum atomic E-state index is 14.7. The third kappa shape index (κ3) is 5.96. The molecule has 212 valence electrons. The highest BCUT2D eigenvalue weighted by molar-refractivity contribution is 8.24. The molecule has 3 N–H and O–H groups in total. The summed E-state index contributed by atoms with van der Waals surface area (Å²) in [5, 5.41) is 16.6. The Morgan fingerprint density at radius 3 is 2.60 bits per heavy atom. The van der Waals surface area contributed by atoms with Gasteiger partial charge in [0.05, 0.1) is 23.3 Å². The zero-order valence-corrected chi connectivity index (χ0v) is 22.9. The third-order valence-corrected chi connectivity index (χ3v) is 9.32. The summed E-state index contributed by atoms with van der Waals surface area (Å²) in [4.78, 5) is 19.4. The normalized spacial score (nSPS) is 24.1. The first kappa shape index (κ1) is 28.0. The fourth-order valence-corrected chi connectivity index (χ4v) is 6.69. The summed E-state index contributed by atoms with van der Waals surface area (Å²) in [5.41, 5.74) is 2.94. The first-order valence-corrected chi connectivity index (χ1v) is 15.2. The van der Waals surface area contributed by atoms with Gasteiger partial charge in [0, 0.05) is 48.6 Å². The molecule has 1 aliphatic carbocycles. The number of nitriles is 1. The lowest BCUT2D eigenvalue weighted by Crippen LogP contribution is -2.41. The molecule has 5 rings (SSSR count). The Morgan fingerprint density at radius 1 is 1.20 bits per heavy atom. The van der Waals surface area contributed by atoms with Gasteiger partial charge in [-0.2, -0.15) is 21.0 Å². The number of halogens is 2. The van der Waals surface area contributed by atoms with Gasteiger partial charge in [-0.15, -0.1) is 0 Å². The SMILES string of the molecule is C[C@@H](C#N)NC(=O)[C@@H]1C[C@@H](F)CC[C@H]1c1nn(-c2ncccc2F)cc1-c1ccc(N2CCS(O)(O)CC2)cc1. The maximum Gasteiger partial charge on any atom is 0.224 e. The summed E-state index contributed by atoms with van der Waals surface area (Å²) in [6.07, 6.45) is 2.64. The van der Waals surface area contributed by atoms with Crippen LogP contribution in [-0.2, 0) is 4.79 Å². The molecule has 2 aromatic heterocycles. The molecule has 3 aromatic rings. The smallest absolute Gasteiger partial charge is 0.224 e. The molecule has 1 aromatic carbocycles. The average Bonchev–Trinajstić information content (AvgIpc) is 3.38. The zero-order valence-electron chi connectivity index (χ0n) is 22.1. The van der Waals surface area contributed by atoms with Crippen LogP contribution in [0.15, 0.2) is 48.8 Å². The number of anilines is 1. The molecule has 1 aliphatic heterocycles. The lowest BCUT2D eigenvalue weighted by molar-refractivity contribution is -0.127. The molecule has 12 heteroatoms. The van der Waals surface area contributed by atoms with Crippen molar-refractivity contribution in [1.82, 2.24) is 20.1 Å². The van der Waals surface area contributed by atoms with Gasteiger partial charge in [0.15, 0.2) is 11.6 Å². The van der Waals surface area contributed by atoms with Crippen LogP contribution in [0.5, 0.6) is 0 Å². The predicted molar refractivity (Wildman–Crippen MR) is 150 cm³/mol. The van der Waals surface area contributed by atoms with Gasteiger partial charge in [0.1, 0.15) is 12.2 Å². The molecule has 9 nitrogen and oxygen atoms in total. The van der Waals surface area contributed by atoms with E-state index in [1.807, 2.05) is 30.3 Å². The molecule has 1 amide bonds. The minimum absolute atomic E-state index is 0.00594. The van der Waals surface area contributed by atoms with E-state index in [0.29, 0.717) is 42.3 Å². The summed E-state index contributed by atoms with van der Waals surface area (Å²) in [6, 6.07) is 11.7. The van der Waals surface area contributed by atoms with Crippen LogP contribution in [0.1, 0.15) is 37.8 Å². The Balaban J connectivity index is 1.52. The zero-order chi connectivity index (χ0) is 28.4. The highest BCUT2D eigenvalue weighted by Crippen LogP contribution is 2.44. The maximum absolute atomic E-state index is 14.7. The number of nitrogens with zero attached hydrogens (tertiary/aromatic N) is 5. The number of carbonyl (C=O) groups is 1. The first-order chi connectivity index (χ1) is 19.1. The van der Waals surface area contributed by atoms with Gasteiger partial charge < -0.3 is 10.2 Å². The van der Waals surface area contributed by atoms with Crippen LogP contribution in [0.4, 0.5) is 14.5 Å². The number of rotatable bonds is 6. The van der Waals surface area contributed by atoms with E-state index in [-0.39, 0.29) is 18.7 Å². The van der Waals surface area contributed by atoms with Crippen LogP contribution >= 0.6 is 10.6 Å². The second-order valence-corrected chi connectivity index (χ2v) is 12.8. The fraction of sp³-hybridized carbons (Fsp3) is 0.429. The minimum atomic E-state index is -2.51. The van der Waals surface area contributed by atoms with Crippen molar-refractivity contribution in [3.63, 3.8) is 0 Å². The molecule has 40 heavy (non-hydrogen) atoms. The number of benzene rings is 1. The molecule has 0 bridgehead atoms. The molecule has 0 radical (unpaired) electrons. The van der Waals surface area contributed by atoms with Crippen molar-refractivity contribution in [2.75, 3.05) is 29.5 Å². The number of aromatic nitrogens is 3. The largest absolute Gasteiger partial charge is 0.368 e. The summed E-state index contributed by atoms with van der Waals surface area (Å²) < 4.78 is 50.5. The second-order valence-electron chi connectivity index (χ2n) is 10.4. The van der Waals surface area contributed by atoms with Crippen LogP contribution in [-0.4, -0.2) is 66.6 Å². The van der Waals surface area contributed by atoms with Crippen molar-refractivity contribution >= 4 is 22.2 Å². The highest BCUT2D eigenvalue weighted by Gasteiger charge is 2.39. The van der Waals surface area contributed by atoms with E-state index in [9.17, 15) is 27.9 Å². The fourth-order valence-electron chi connectivity index (χ4n) is 5.46. The molecular weight excluding hydrogens is 538 g/mol. The van der Waals surface area contributed by atoms with E-state index in [1.54, 1.807) is 13.1 Å². The number of carbonyl (C=O) groups excluding carboxylic acids is 1.